The van der Waals surface area contributed by atoms with Crippen LogP contribution in [0.25, 0.3) is 0 Å². The van der Waals surface area contributed by atoms with E-state index in [-0.39, 0.29) is 5.97 Å². The van der Waals surface area contributed by atoms with Crippen molar-refractivity contribution in [3.63, 3.8) is 0 Å². The molecule has 0 fully saturated rings. The fraction of sp³-hybridized carbons (Fsp3) is 0.571. The average molecular weight is 163 g/mol. The first-order valence-electron chi connectivity index (χ1n) is 3.14. The average Bonchev–Trinajstić information content (AvgIpc) is 1.82. The molecular weight excluding hydrogens is 152 g/mol. The summed E-state index contributed by atoms with van der Waals surface area (Å²) in [5, 5.41) is 0. The summed E-state index contributed by atoms with van der Waals surface area (Å²) >= 11 is 5.52. The maximum atomic E-state index is 10.3. The van der Waals surface area contributed by atoms with E-state index in [2.05, 4.69) is 4.74 Å². The van der Waals surface area contributed by atoms with Crippen molar-refractivity contribution in [1.82, 2.24) is 0 Å². The minimum absolute atomic E-state index is 0.360. The highest BCUT2D eigenvalue weighted by molar-refractivity contribution is 6.21. The summed E-state index contributed by atoms with van der Waals surface area (Å²) in [6.07, 6.45) is 4.38. The number of carbonyl (C=O) groups excluding carboxylic acids is 1. The monoisotopic (exact) mass is 162 g/mol. The van der Waals surface area contributed by atoms with Crippen LogP contribution in [-0.4, -0.2) is 11.5 Å². The maximum Gasteiger partial charge on any atom is 0.304 e. The van der Waals surface area contributed by atoms with Gasteiger partial charge in [0.05, 0.1) is 0 Å². The Morgan fingerprint density at radius 2 is 2.40 bits per heavy atom. The molecule has 0 saturated heterocycles. The zero-order valence-corrected chi connectivity index (χ0v) is 6.89. The molecule has 3 heteroatoms. The largest absolute Gasteiger partial charge is 0.442 e. The predicted octanol–water partition coefficient (Wildman–Crippen LogP) is 2.08. The topological polar surface area (TPSA) is 26.3 Å². The SMILES string of the molecule is CCC=CC(Cl)OC(C)=O. The second-order valence-electron chi connectivity index (χ2n) is 1.80. The van der Waals surface area contributed by atoms with Crippen LogP contribution in [0.4, 0.5) is 0 Å². The van der Waals surface area contributed by atoms with Crippen LogP contribution in [-0.2, 0) is 9.53 Å². The summed E-state index contributed by atoms with van der Waals surface area (Å²) in [6, 6.07) is 0. The van der Waals surface area contributed by atoms with Crippen LogP contribution in [0.15, 0.2) is 12.2 Å². The lowest BCUT2D eigenvalue weighted by Gasteiger charge is -2.02. The molecule has 0 N–H and O–H groups in total. The predicted molar refractivity (Wildman–Crippen MR) is 40.8 cm³/mol. The van der Waals surface area contributed by atoms with Crippen molar-refractivity contribution in [3.8, 4) is 0 Å². The zero-order valence-electron chi connectivity index (χ0n) is 6.13. The third kappa shape index (κ3) is 5.63. The van der Waals surface area contributed by atoms with E-state index in [4.69, 9.17) is 11.6 Å². The lowest BCUT2D eigenvalue weighted by Crippen LogP contribution is -2.05. The Labute approximate surface area is 65.8 Å². The molecule has 0 spiro atoms. The van der Waals surface area contributed by atoms with Crippen LogP contribution in [0.3, 0.4) is 0 Å². The lowest BCUT2D eigenvalue weighted by molar-refractivity contribution is -0.141. The molecule has 0 radical (unpaired) electrons. The quantitative estimate of drug-likeness (QED) is 0.361. The van der Waals surface area contributed by atoms with Gasteiger partial charge in [-0.1, -0.05) is 24.6 Å². The zero-order chi connectivity index (χ0) is 7.98. The lowest BCUT2D eigenvalue weighted by atomic mass is 10.4. The van der Waals surface area contributed by atoms with Crippen LogP contribution in [0.2, 0.25) is 0 Å². The van der Waals surface area contributed by atoms with E-state index < -0.39 is 5.56 Å². The third-order valence-corrected chi connectivity index (χ3v) is 1.04. The van der Waals surface area contributed by atoms with E-state index in [9.17, 15) is 4.79 Å². The van der Waals surface area contributed by atoms with Crippen molar-refractivity contribution >= 4 is 17.6 Å². The van der Waals surface area contributed by atoms with E-state index in [0.717, 1.165) is 6.42 Å². The Morgan fingerprint density at radius 3 is 2.80 bits per heavy atom. The van der Waals surface area contributed by atoms with Gasteiger partial charge in [-0.05, 0) is 12.5 Å². The molecular formula is C7H11ClO2. The van der Waals surface area contributed by atoms with E-state index >= 15 is 0 Å². The van der Waals surface area contributed by atoms with Gasteiger partial charge in [0, 0.05) is 6.92 Å². The number of rotatable bonds is 3. The van der Waals surface area contributed by atoms with Gasteiger partial charge in [0.1, 0.15) is 0 Å². The van der Waals surface area contributed by atoms with Gasteiger partial charge in [-0.3, -0.25) is 4.79 Å². The second kappa shape index (κ2) is 5.30. The van der Waals surface area contributed by atoms with Crippen molar-refractivity contribution in [2.75, 3.05) is 0 Å². The number of hydrogen-bond acceptors (Lipinski definition) is 2. The van der Waals surface area contributed by atoms with Gasteiger partial charge in [-0.25, -0.2) is 0 Å². The standard InChI is InChI=1S/C7H11ClO2/c1-3-4-5-7(8)10-6(2)9/h4-5,7H,3H2,1-2H3. The molecule has 58 valence electrons. The first-order chi connectivity index (χ1) is 4.66. The summed E-state index contributed by atoms with van der Waals surface area (Å²) in [5.74, 6) is -0.360. The number of ether oxygens (including phenoxy) is 1. The highest BCUT2D eigenvalue weighted by Crippen LogP contribution is 2.00. The van der Waals surface area contributed by atoms with Gasteiger partial charge in [0.25, 0.3) is 0 Å². The van der Waals surface area contributed by atoms with Crippen LogP contribution in [0, 0.1) is 0 Å². The molecule has 0 bridgehead atoms. The van der Waals surface area contributed by atoms with E-state index in [0.29, 0.717) is 0 Å². The Balaban J connectivity index is 3.52. The number of carbonyl (C=O) groups is 1. The number of halogens is 1. The van der Waals surface area contributed by atoms with Crippen molar-refractivity contribution in [3.05, 3.63) is 12.2 Å². The Kier molecular flexibility index (Phi) is 5.03. The van der Waals surface area contributed by atoms with Crippen LogP contribution in [0.1, 0.15) is 20.3 Å². The second-order valence-corrected chi connectivity index (χ2v) is 2.23. The van der Waals surface area contributed by atoms with Gasteiger partial charge in [0.2, 0.25) is 0 Å². The minimum atomic E-state index is -0.613. The molecule has 0 aromatic carbocycles. The van der Waals surface area contributed by atoms with Crippen LogP contribution >= 0.6 is 11.6 Å². The van der Waals surface area contributed by atoms with Gasteiger partial charge in [-0.2, -0.15) is 0 Å². The van der Waals surface area contributed by atoms with Gasteiger partial charge in [-0.15, -0.1) is 0 Å². The minimum Gasteiger partial charge on any atom is -0.442 e. The fourth-order valence-electron chi connectivity index (χ4n) is 0.441. The van der Waals surface area contributed by atoms with Crippen molar-refractivity contribution in [1.29, 1.82) is 0 Å². The Morgan fingerprint density at radius 1 is 1.80 bits per heavy atom. The van der Waals surface area contributed by atoms with E-state index in [1.807, 2.05) is 13.0 Å². The molecule has 0 aromatic rings. The van der Waals surface area contributed by atoms with Gasteiger partial charge in [0.15, 0.2) is 5.56 Å². The number of hydrogen-bond donors (Lipinski definition) is 0. The smallest absolute Gasteiger partial charge is 0.304 e. The summed E-state index contributed by atoms with van der Waals surface area (Å²) in [4.78, 5) is 10.3. The number of esters is 1. The van der Waals surface area contributed by atoms with Crippen LogP contribution < -0.4 is 0 Å². The van der Waals surface area contributed by atoms with E-state index in [1.54, 1.807) is 6.08 Å². The Hall–Kier alpha value is -0.500. The first kappa shape index (κ1) is 9.50. The van der Waals surface area contributed by atoms with Gasteiger partial charge >= 0.3 is 5.97 Å². The fourth-order valence-corrected chi connectivity index (χ4v) is 0.669. The highest BCUT2D eigenvalue weighted by Gasteiger charge is 2.00. The Bertz CT molecular complexity index is 132. The molecule has 0 heterocycles. The summed E-state index contributed by atoms with van der Waals surface area (Å²) in [5.41, 5.74) is -0.613. The molecule has 0 aromatic heterocycles. The molecule has 1 unspecified atom stereocenters. The first-order valence-corrected chi connectivity index (χ1v) is 3.58. The molecule has 1 atom stereocenters. The molecule has 0 rings (SSSR count). The van der Waals surface area contributed by atoms with E-state index in [1.165, 1.54) is 6.92 Å². The molecule has 2 nitrogen and oxygen atoms in total. The molecule has 0 aliphatic carbocycles. The third-order valence-electron chi connectivity index (χ3n) is 0.802. The normalized spacial score (nSPS) is 13.5. The number of alkyl halides is 1. The summed E-state index contributed by atoms with van der Waals surface area (Å²) in [7, 11) is 0. The van der Waals surface area contributed by atoms with Gasteiger partial charge < -0.3 is 4.74 Å². The summed E-state index contributed by atoms with van der Waals surface area (Å²) in [6.45, 7) is 3.31. The maximum absolute atomic E-state index is 10.3. The van der Waals surface area contributed by atoms with Crippen molar-refractivity contribution < 1.29 is 9.53 Å². The number of allylic oxidation sites excluding steroid dienone is 1. The molecule has 10 heavy (non-hydrogen) atoms. The molecule has 0 aliphatic heterocycles. The molecule has 0 aliphatic rings. The van der Waals surface area contributed by atoms with Crippen molar-refractivity contribution in [2.45, 2.75) is 25.8 Å². The summed E-state index contributed by atoms with van der Waals surface area (Å²) < 4.78 is 4.59. The van der Waals surface area contributed by atoms with Crippen LogP contribution in [0.5, 0.6) is 0 Å². The molecule has 0 saturated carbocycles. The van der Waals surface area contributed by atoms with Crippen molar-refractivity contribution in [2.24, 2.45) is 0 Å². The molecule has 0 amide bonds. The highest BCUT2D eigenvalue weighted by atomic mass is 35.5.